The Bertz CT molecular complexity index is 66.2. The Hall–Kier alpha value is -0.770. The molecule has 0 aliphatic rings. The molecule has 0 amide bonds. The highest BCUT2D eigenvalue weighted by atomic mass is 14.6. The fraction of sp³-hybridized carbons (Fsp3) is 0.250. The van der Waals surface area contributed by atoms with Gasteiger partial charge in [0.1, 0.15) is 6.20 Å². The minimum atomic E-state index is 1.42. The molecule has 0 fully saturated rings. The van der Waals surface area contributed by atoms with E-state index in [9.17, 15) is 0 Å². The molecule has 0 N–H and O–H groups in total. The number of allylic oxidation sites excluding steroid dienone is 1. The van der Waals surface area contributed by atoms with E-state index in [1.54, 1.807) is 6.08 Å². The second-order valence-corrected chi connectivity index (χ2v) is 0.612. The zero-order valence-corrected chi connectivity index (χ0v) is 3.10. The molecule has 0 unspecified atom stereocenters. The Morgan fingerprint density at radius 2 is 2.40 bits per heavy atom. The minimum absolute atomic E-state index is 1.42. The predicted octanol–water partition coefficient (Wildman–Crippen LogP) is 1.44. The summed E-state index contributed by atoms with van der Waals surface area (Å²) in [7, 11) is 0. The van der Waals surface area contributed by atoms with Crippen molar-refractivity contribution in [2.45, 2.75) is 6.92 Å². The zero-order valence-electron chi connectivity index (χ0n) is 3.10. The predicted molar refractivity (Wildman–Crippen MR) is 21.4 cm³/mol. The van der Waals surface area contributed by atoms with Crippen LogP contribution in [0.4, 0.5) is 0 Å². The Morgan fingerprint density at radius 1 is 1.80 bits per heavy atom. The highest BCUT2D eigenvalue weighted by Gasteiger charge is 1.44. The van der Waals surface area contributed by atoms with E-state index in [1.807, 2.05) is 6.92 Å². The maximum atomic E-state index is 6.14. The van der Waals surface area contributed by atoms with Gasteiger partial charge in [0.2, 0.25) is 0 Å². The van der Waals surface area contributed by atoms with Crippen molar-refractivity contribution in [2.75, 3.05) is 0 Å². The molecule has 1 nitrogen and oxygen atoms in total. The zero-order chi connectivity index (χ0) is 4.12. The van der Waals surface area contributed by atoms with Crippen LogP contribution >= 0.6 is 0 Å². The van der Waals surface area contributed by atoms with E-state index >= 15 is 0 Å². The fourth-order valence-electron chi connectivity index (χ4n) is 0.0745. The molecule has 0 spiro atoms. The van der Waals surface area contributed by atoms with Gasteiger partial charge in [0, 0.05) is 0 Å². The van der Waals surface area contributed by atoms with Gasteiger partial charge in [-0.2, -0.15) is 0 Å². The molecule has 0 bridgehead atoms. The molecule has 0 saturated heterocycles. The second-order valence-electron chi connectivity index (χ2n) is 0.612. The summed E-state index contributed by atoms with van der Waals surface area (Å²) < 4.78 is 0. The van der Waals surface area contributed by atoms with Crippen LogP contribution in [0, 0.1) is 6.57 Å². The first-order valence-corrected chi connectivity index (χ1v) is 1.39. The van der Waals surface area contributed by atoms with Crippen molar-refractivity contribution in [1.82, 2.24) is 0 Å². The van der Waals surface area contributed by atoms with Gasteiger partial charge in [-0.25, -0.2) is 4.85 Å². The molecule has 0 aromatic carbocycles. The van der Waals surface area contributed by atoms with E-state index in [2.05, 4.69) is 4.85 Å². The van der Waals surface area contributed by atoms with Crippen LogP contribution in [-0.4, -0.2) is 0 Å². The van der Waals surface area contributed by atoms with Gasteiger partial charge in [0.15, 0.2) is 0 Å². The first-order chi connectivity index (χ1) is 2.41. The van der Waals surface area contributed by atoms with E-state index in [0.717, 1.165) is 0 Å². The van der Waals surface area contributed by atoms with E-state index < -0.39 is 0 Å². The molecule has 0 saturated carbocycles. The van der Waals surface area contributed by atoms with Crippen molar-refractivity contribution in [3.63, 3.8) is 0 Å². The SMILES string of the molecule is [C-]#[N+]C=CC. The van der Waals surface area contributed by atoms with Gasteiger partial charge in [-0.15, -0.1) is 0 Å². The lowest BCUT2D eigenvalue weighted by Crippen LogP contribution is -1.28. The lowest BCUT2D eigenvalue weighted by molar-refractivity contribution is 1.74. The van der Waals surface area contributed by atoms with Gasteiger partial charge in [-0.3, -0.25) is 0 Å². The maximum absolute atomic E-state index is 6.14. The molecule has 0 aromatic heterocycles. The molecule has 26 valence electrons. The molecule has 5 heavy (non-hydrogen) atoms. The largest absolute Gasteiger partial charge is 0.246 e. The van der Waals surface area contributed by atoms with Crippen LogP contribution in [0.2, 0.25) is 0 Å². The lowest BCUT2D eigenvalue weighted by atomic mass is 10.7. The van der Waals surface area contributed by atoms with Crippen LogP contribution in [0.15, 0.2) is 12.3 Å². The molecule has 0 aromatic rings. The summed E-state index contributed by atoms with van der Waals surface area (Å²) in [5, 5.41) is 0. The van der Waals surface area contributed by atoms with Crippen LogP contribution in [0.3, 0.4) is 0 Å². The van der Waals surface area contributed by atoms with E-state index in [1.165, 1.54) is 6.20 Å². The molecule has 0 heterocycles. The molecular weight excluding hydrogens is 62.1 g/mol. The Labute approximate surface area is 31.7 Å². The molecule has 0 aliphatic carbocycles. The number of hydrogen-bond donors (Lipinski definition) is 0. The van der Waals surface area contributed by atoms with Crippen molar-refractivity contribution < 1.29 is 0 Å². The molecule has 1 heteroatoms. The van der Waals surface area contributed by atoms with Gasteiger partial charge in [-0.05, 0) is 0 Å². The van der Waals surface area contributed by atoms with Crippen LogP contribution in [0.25, 0.3) is 4.85 Å². The van der Waals surface area contributed by atoms with Crippen LogP contribution in [-0.2, 0) is 0 Å². The fourth-order valence-corrected chi connectivity index (χ4v) is 0.0745. The summed E-state index contributed by atoms with van der Waals surface area (Å²) in [6.45, 7) is 7.96. The first kappa shape index (κ1) is 4.23. The van der Waals surface area contributed by atoms with Crippen molar-refractivity contribution in [1.29, 1.82) is 0 Å². The van der Waals surface area contributed by atoms with Crippen molar-refractivity contribution in [3.8, 4) is 0 Å². The summed E-state index contributed by atoms with van der Waals surface area (Å²) in [5.74, 6) is 0. The minimum Gasteiger partial charge on any atom is -0.246 e. The highest BCUT2D eigenvalue weighted by molar-refractivity contribution is 4.85. The van der Waals surface area contributed by atoms with Crippen LogP contribution in [0.1, 0.15) is 6.92 Å². The summed E-state index contributed by atoms with van der Waals surface area (Å²) in [5.41, 5.74) is 0. The third-order valence-electron chi connectivity index (χ3n) is 0.224. The quantitative estimate of drug-likeness (QED) is 0.377. The lowest BCUT2D eigenvalue weighted by Gasteiger charge is -1.50. The Kier molecular flexibility index (Phi) is 2.73. The Morgan fingerprint density at radius 3 is 2.40 bits per heavy atom. The van der Waals surface area contributed by atoms with E-state index in [0.29, 0.717) is 0 Å². The number of hydrogen-bond acceptors (Lipinski definition) is 0. The van der Waals surface area contributed by atoms with E-state index in [4.69, 9.17) is 6.57 Å². The van der Waals surface area contributed by atoms with Gasteiger partial charge in [0.25, 0.3) is 0 Å². The second kappa shape index (κ2) is 3.23. The molecule has 0 aliphatic heterocycles. The maximum Gasteiger partial charge on any atom is 0.150 e. The first-order valence-electron chi connectivity index (χ1n) is 1.39. The standard InChI is InChI=1S/C4H5N/c1-3-4-5-2/h3-4H,1H3. The van der Waals surface area contributed by atoms with Crippen LogP contribution < -0.4 is 0 Å². The van der Waals surface area contributed by atoms with Gasteiger partial charge in [-0.1, -0.05) is 13.0 Å². The number of rotatable bonds is 0. The highest BCUT2D eigenvalue weighted by Crippen LogP contribution is 1.64. The molecule has 0 radical (unpaired) electrons. The average Bonchev–Trinajstić information content (AvgIpc) is 1.41. The smallest absolute Gasteiger partial charge is 0.150 e. The molecule has 0 rings (SSSR count). The third kappa shape index (κ3) is 3.23. The van der Waals surface area contributed by atoms with E-state index in [-0.39, 0.29) is 0 Å². The van der Waals surface area contributed by atoms with Crippen molar-refractivity contribution in [3.05, 3.63) is 23.7 Å². The molecule has 0 atom stereocenters. The summed E-state index contributed by atoms with van der Waals surface area (Å²) in [4.78, 5) is 2.92. The van der Waals surface area contributed by atoms with Gasteiger partial charge in [0.05, 0.1) is 6.57 Å². The normalized spacial score (nSPS) is 8.00. The topological polar surface area (TPSA) is 4.36 Å². The Balaban J connectivity index is 3.04. The van der Waals surface area contributed by atoms with Gasteiger partial charge < -0.3 is 0 Å². The van der Waals surface area contributed by atoms with Crippen LogP contribution in [0.5, 0.6) is 0 Å². The molecular formula is C4H5N. The summed E-state index contributed by atoms with van der Waals surface area (Å²) in [6, 6.07) is 0. The van der Waals surface area contributed by atoms with Crippen molar-refractivity contribution in [2.24, 2.45) is 0 Å². The number of nitrogens with zero attached hydrogens (tertiary/aromatic N) is 1. The summed E-state index contributed by atoms with van der Waals surface area (Å²) >= 11 is 0. The monoisotopic (exact) mass is 67.0 g/mol. The van der Waals surface area contributed by atoms with Gasteiger partial charge >= 0.3 is 0 Å². The summed E-state index contributed by atoms with van der Waals surface area (Å²) in [6.07, 6.45) is 3.12. The third-order valence-corrected chi connectivity index (χ3v) is 0.224. The average molecular weight is 67.1 g/mol. The van der Waals surface area contributed by atoms with Crippen molar-refractivity contribution >= 4 is 0 Å².